The molecular weight excluding hydrogens is 267 g/mol. The van der Waals surface area contributed by atoms with Gasteiger partial charge in [0.2, 0.25) is 0 Å². The van der Waals surface area contributed by atoms with Crippen LogP contribution < -0.4 is 0 Å². The topological polar surface area (TPSA) is 52.6 Å². The molecule has 0 spiro atoms. The normalized spacial score (nSPS) is 15.7. The number of carbonyl (C=O) groups excluding carboxylic acids is 2. The maximum absolute atomic E-state index is 12.2. The maximum atomic E-state index is 12.2. The molecular formula is C16H29BO4. The van der Waals surface area contributed by atoms with Crippen LogP contribution in [0.1, 0.15) is 55.4 Å². The first-order valence-electron chi connectivity index (χ1n) is 7.46. The van der Waals surface area contributed by atoms with Gasteiger partial charge in [-0.1, -0.05) is 27.7 Å². The van der Waals surface area contributed by atoms with Crippen LogP contribution in [-0.2, 0) is 19.1 Å². The van der Waals surface area contributed by atoms with Gasteiger partial charge in [0.15, 0.2) is 0 Å². The van der Waals surface area contributed by atoms with Crippen molar-refractivity contribution in [2.24, 2.45) is 17.8 Å². The molecule has 120 valence electrons. The lowest BCUT2D eigenvalue weighted by molar-refractivity contribution is -0.172. The average Bonchev–Trinajstić information content (AvgIpc) is 2.32. The van der Waals surface area contributed by atoms with Gasteiger partial charge in [-0.05, 0) is 27.7 Å². The molecule has 0 saturated heterocycles. The first kappa shape index (κ1) is 20.2. The van der Waals surface area contributed by atoms with Gasteiger partial charge >= 0.3 is 5.97 Å². The van der Waals surface area contributed by atoms with Crippen LogP contribution in [0.3, 0.4) is 0 Å². The first-order chi connectivity index (χ1) is 9.27. The molecule has 5 heteroatoms. The van der Waals surface area contributed by atoms with E-state index < -0.39 is 17.0 Å². The number of hydrogen-bond donors (Lipinski definition) is 0. The van der Waals surface area contributed by atoms with Crippen LogP contribution in [0.15, 0.2) is 0 Å². The van der Waals surface area contributed by atoms with Crippen LogP contribution in [-0.4, -0.2) is 37.3 Å². The zero-order valence-corrected chi connectivity index (χ0v) is 14.6. The molecule has 0 bridgehead atoms. The SMILES string of the molecule is [B]C(C)(C)OCC(C)(C)OC(=O)C(C)C(C)C(=O)C(C)C. The van der Waals surface area contributed by atoms with Crippen molar-refractivity contribution in [1.82, 2.24) is 0 Å². The van der Waals surface area contributed by atoms with Gasteiger partial charge in [-0.2, -0.15) is 0 Å². The second kappa shape index (κ2) is 7.43. The van der Waals surface area contributed by atoms with Crippen molar-refractivity contribution in [2.75, 3.05) is 6.61 Å². The number of rotatable bonds is 8. The summed E-state index contributed by atoms with van der Waals surface area (Å²) in [5.41, 5.74) is -1.57. The summed E-state index contributed by atoms with van der Waals surface area (Å²) in [6.45, 7) is 14.3. The zero-order chi connectivity index (χ0) is 17.0. The molecule has 2 unspecified atom stereocenters. The summed E-state index contributed by atoms with van der Waals surface area (Å²) < 4.78 is 10.9. The minimum atomic E-state index is -0.789. The van der Waals surface area contributed by atoms with E-state index in [2.05, 4.69) is 0 Å². The second-order valence-electron chi connectivity index (χ2n) is 7.21. The molecule has 0 rings (SSSR count). The number of ketones is 1. The Balaban J connectivity index is 4.62. The first-order valence-corrected chi connectivity index (χ1v) is 7.46. The highest BCUT2D eigenvalue weighted by atomic mass is 16.6. The Morgan fingerprint density at radius 2 is 1.48 bits per heavy atom. The summed E-state index contributed by atoms with van der Waals surface area (Å²) in [5, 5.41) is 0. The zero-order valence-electron chi connectivity index (χ0n) is 14.6. The number of ether oxygens (including phenoxy) is 2. The van der Waals surface area contributed by atoms with Crippen molar-refractivity contribution in [1.29, 1.82) is 0 Å². The fourth-order valence-corrected chi connectivity index (χ4v) is 1.73. The minimum Gasteiger partial charge on any atom is -0.457 e. The quantitative estimate of drug-likeness (QED) is 0.510. The van der Waals surface area contributed by atoms with Gasteiger partial charge in [0, 0.05) is 17.3 Å². The van der Waals surface area contributed by atoms with E-state index in [1.807, 2.05) is 13.8 Å². The molecule has 0 aliphatic heterocycles. The third-order valence-electron chi connectivity index (χ3n) is 3.31. The molecule has 2 radical (unpaired) electrons. The number of esters is 1. The van der Waals surface area contributed by atoms with Crippen molar-refractivity contribution in [3.63, 3.8) is 0 Å². The van der Waals surface area contributed by atoms with Crippen LogP contribution in [0.5, 0.6) is 0 Å². The molecule has 0 aliphatic carbocycles. The summed E-state index contributed by atoms with van der Waals surface area (Å²) in [5.74, 6) is -1.26. The molecule has 2 atom stereocenters. The molecule has 0 N–H and O–H groups in total. The van der Waals surface area contributed by atoms with Crippen molar-refractivity contribution in [3.8, 4) is 0 Å². The standard InChI is InChI=1S/C16H29BO4/c1-10(2)13(18)11(3)12(4)14(19)21-15(5,6)9-20-16(7,8)17/h10-12H,9H2,1-8H3. The number of Topliss-reactive ketones (excluding diaryl/α,β-unsaturated/α-hetero) is 1. The Bertz CT molecular complexity index is 369. The molecule has 0 saturated carbocycles. The van der Waals surface area contributed by atoms with Gasteiger partial charge in [-0.3, -0.25) is 9.59 Å². The predicted octanol–water partition coefficient (Wildman–Crippen LogP) is 2.73. The number of carbonyl (C=O) groups is 2. The van der Waals surface area contributed by atoms with Crippen molar-refractivity contribution in [2.45, 2.75) is 66.5 Å². The van der Waals surface area contributed by atoms with Crippen LogP contribution in [0.4, 0.5) is 0 Å². The van der Waals surface area contributed by atoms with Crippen molar-refractivity contribution < 1.29 is 19.1 Å². The van der Waals surface area contributed by atoms with Gasteiger partial charge in [0.05, 0.1) is 12.5 Å². The molecule has 0 aliphatic rings. The van der Waals surface area contributed by atoms with Crippen LogP contribution in [0.2, 0.25) is 0 Å². The fraction of sp³-hybridized carbons (Fsp3) is 0.875. The molecule has 0 amide bonds. The lowest BCUT2D eigenvalue weighted by Gasteiger charge is -2.31. The monoisotopic (exact) mass is 296 g/mol. The Morgan fingerprint density at radius 1 is 1.00 bits per heavy atom. The summed E-state index contributed by atoms with van der Waals surface area (Å²) in [6.07, 6.45) is 0. The second-order valence-corrected chi connectivity index (χ2v) is 7.21. The van der Waals surface area contributed by atoms with E-state index in [0.717, 1.165) is 0 Å². The molecule has 21 heavy (non-hydrogen) atoms. The van der Waals surface area contributed by atoms with E-state index in [9.17, 15) is 9.59 Å². The smallest absolute Gasteiger partial charge is 0.309 e. The third-order valence-corrected chi connectivity index (χ3v) is 3.31. The third kappa shape index (κ3) is 7.65. The van der Waals surface area contributed by atoms with Gasteiger partial charge in [0.1, 0.15) is 19.2 Å². The van der Waals surface area contributed by atoms with Crippen LogP contribution >= 0.6 is 0 Å². The van der Waals surface area contributed by atoms with Gasteiger partial charge in [-0.15, -0.1) is 0 Å². The molecule has 0 fully saturated rings. The largest absolute Gasteiger partial charge is 0.457 e. The van der Waals surface area contributed by atoms with Crippen LogP contribution in [0, 0.1) is 17.8 Å². The van der Waals surface area contributed by atoms with Gasteiger partial charge < -0.3 is 9.47 Å². The highest BCUT2D eigenvalue weighted by molar-refractivity contribution is 6.13. The van der Waals surface area contributed by atoms with Gasteiger partial charge in [-0.25, -0.2) is 0 Å². The Labute approximate surface area is 130 Å². The van der Waals surface area contributed by atoms with E-state index >= 15 is 0 Å². The highest BCUT2D eigenvalue weighted by Gasteiger charge is 2.33. The van der Waals surface area contributed by atoms with E-state index in [1.54, 1.807) is 41.5 Å². The predicted molar refractivity (Wildman–Crippen MR) is 84.1 cm³/mol. The minimum absolute atomic E-state index is 0.0663. The average molecular weight is 296 g/mol. The molecule has 4 nitrogen and oxygen atoms in total. The van der Waals surface area contributed by atoms with E-state index in [1.165, 1.54) is 0 Å². The summed E-state index contributed by atoms with van der Waals surface area (Å²) in [7, 11) is 5.75. The Kier molecular flexibility index (Phi) is 7.14. The summed E-state index contributed by atoms with van der Waals surface area (Å²) in [4.78, 5) is 24.2. The van der Waals surface area contributed by atoms with E-state index in [0.29, 0.717) is 0 Å². The maximum Gasteiger partial charge on any atom is 0.309 e. The fourth-order valence-electron chi connectivity index (χ4n) is 1.73. The van der Waals surface area contributed by atoms with Gasteiger partial charge in [0.25, 0.3) is 0 Å². The summed E-state index contributed by atoms with van der Waals surface area (Å²) in [6, 6.07) is 0. The van der Waals surface area contributed by atoms with E-state index in [4.69, 9.17) is 17.3 Å². The number of hydrogen-bond acceptors (Lipinski definition) is 4. The van der Waals surface area contributed by atoms with Crippen LogP contribution in [0.25, 0.3) is 0 Å². The molecule has 0 aromatic rings. The van der Waals surface area contributed by atoms with E-state index in [-0.39, 0.29) is 30.2 Å². The van der Waals surface area contributed by atoms with Crippen molar-refractivity contribution in [3.05, 3.63) is 0 Å². The summed E-state index contributed by atoms with van der Waals surface area (Å²) >= 11 is 0. The molecule has 0 aromatic carbocycles. The lowest BCUT2D eigenvalue weighted by atomic mass is 9.85. The Hall–Kier alpha value is -0.835. The molecule has 0 aromatic heterocycles. The highest BCUT2D eigenvalue weighted by Crippen LogP contribution is 2.22. The molecule has 0 heterocycles. The lowest BCUT2D eigenvalue weighted by Crippen LogP contribution is -2.41. The Morgan fingerprint density at radius 3 is 1.86 bits per heavy atom. The van der Waals surface area contributed by atoms with Crippen molar-refractivity contribution >= 4 is 19.6 Å².